The average Bonchev–Trinajstić information content (AvgIpc) is 3.01. The van der Waals surface area contributed by atoms with Crippen molar-refractivity contribution in [3.8, 4) is 0 Å². The van der Waals surface area contributed by atoms with Gasteiger partial charge in [0.25, 0.3) is 11.8 Å². The minimum atomic E-state index is -0.400. The van der Waals surface area contributed by atoms with Gasteiger partial charge in [-0.3, -0.25) is 9.59 Å². The molecule has 1 fully saturated rings. The summed E-state index contributed by atoms with van der Waals surface area (Å²) in [6, 6.07) is 4.92. The number of hydrogen-bond acceptors (Lipinski definition) is 5. The summed E-state index contributed by atoms with van der Waals surface area (Å²) in [4.78, 5) is 26.7. The molecule has 6 nitrogen and oxygen atoms in total. The van der Waals surface area contributed by atoms with Crippen LogP contribution in [-0.2, 0) is 6.42 Å². The lowest BCUT2D eigenvalue weighted by molar-refractivity contribution is 0.0929. The number of nitrogens with one attached hydrogen (secondary N) is 4. The number of rotatable bonds is 4. The Labute approximate surface area is 198 Å². The van der Waals surface area contributed by atoms with Crippen LogP contribution in [0.25, 0.3) is 0 Å². The van der Waals surface area contributed by atoms with Gasteiger partial charge in [0, 0.05) is 22.7 Å². The second-order valence-electron chi connectivity index (χ2n) is 8.90. The lowest BCUT2D eigenvalue weighted by Gasteiger charge is -2.25. The summed E-state index contributed by atoms with van der Waals surface area (Å²) in [6.45, 7) is 6.35. The maximum Gasteiger partial charge on any atom is 0.261 e. The number of carbonyl (C=O) groups is 2. The van der Waals surface area contributed by atoms with Crippen LogP contribution in [0.15, 0.2) is 18.2 Å². The Kier molecular flexibility index (Phi) is 6.55. The van der Waals surface area contributed by atoms with E-state index in [1.54, 1.807) is 12.1 Å². The molecule has 4 N–H and O–H groups in total. The van der Waals surface area contributed by atoms with Crippen molar-refractivity contribution in [3.63, 3.8) is 0 Å². The van der Waals surface area contributed by atoms with E-state index in [0.29, 0.717) is 28.4 Å². The molecule has 2 aliphatic heterocycles. The Morgan fingerprint density at radius 1 is 1.35 bits per heavy atom. The van der Waals surface area contributed by atoms with E-state index in [0.717, 1.165) is 35.1 Å². The minimum Gasteiger partial charge on any atom is -0.351 e. The van der Waals surface area contributed by atoms with Crippen LogP contribution < -0.4 is 21.3 Å². The topological polar surface area (TPSA) is 82.3 Å². The molecular weight excluding hydrogens is 530 g/mol. The molecule has 3 heterocycles. The molecule has 0 radical (unpaired) electrons. The first-order valence-electron chi connectivity index (χ1n) is 10.4. The van der Waals surface area contributed by atoms with Crippen LogP contribution in [0.2, 0.25) is 0 Å². The SMILES string of the molecule is CC1(C)CNC(=O)c2sc(Nc3ccc(I)cc3F)c(C(=O)N[C@H]3CCCNC3)c2C1. The van der Waals surface area contributed by atoms with Crippen LogP contribution in [0.4, 0.5) is 15.1 Å². The number of carbonyl (C=O) groups excluding carboxylic acids is 2. The van der Waals surface area contributed by atoms with Crippen LogP contribution in [-0.4, -0.2) is 37.5 Å². The van der Waals surface area contributed by atoms with Gasteiger partial charge in [0.2, 0.25) is 0 Å². The molecule has 1 aromatic heterocycles. The van der Waals surface area contributed by atoms with E-state index in [9.17, 15) is 14.0 Å². The van der Waals surface area contributed by atoms with E-state index in [4.69, 9.17) is 0 Å². The minimum absolute atomic E-state index is 0.0345. The zero-order valence-electron chi connectivity index (χ0n) is 17.5. The fraction of sp³-hybridized carbons (Fsp3) is 0.455. The fourth-order valence-corrected chi connectivity index (χ4v) is 5.63. The highest BCUT2D eigenvalue weighted by Crippen LogP contribution is 2.40. The van der Waals surface area contributed by atoms with Gasteiger partial charge >= 0.3 is 0 Å². The molecule has 166 valence electrons. The van der Waals surface area contributed by atoms with Crippen molar-refractivity contribution in [2.75, 3.05) is 25.0 Å². The van der Waals surface area contributed by atoms with Crippen LogP contribution >= 0.6 is 33.9 Å². The molecule has 0 aliphatic carbocycles. The second-order valence-corrected chi connectivity index (χ2v) is 11.2. The summed E-state index contributed by atoms with van der Waals surface area (Å²) >= 11 is 3.27. The monoisotopic (exact) mass is 556 g/mol. The number of thiophene rings is 1. The predicted molar refractivity (Wildman–Crippen MR) is 130 cm³/mol. The van der Waals surface area contributed by atoms with Crippen molar-refractivity contribution in [2.45, 2.75) is 39.2 Å². The van der Waals surface area contributed by atoms with E-state index >= 15 is 0 Å². The van der Waals surface area contributed by atoms with Gasteiger partial charge in [-0.15, -0.1) is 11.3 Å². The van der Waals surface area contributed by atoms with Crippen molar-refractivity contribution in [2.24, 2.45) is 5.41 Å². The molecule has 1 saturated heterocycles. The third kappa shape index (κ3) is 5.04. The Bertz CT molecular complexity index is 1020. The first kappa shape index (κ1) is 22.5. The number of anilines is 2. The largest absolute Gasteiger partial charge is 0.351 e. The van der Waals surface area contributed by atoms with Crippen LogP contribution in [0.5, 0.6) is 0 Å². The van der Waals surface area contributed by atoms with E-state index in [-0.39, 0.29) is 29.0 Å². The number of piperidine rings is 1. The molecule has 31 heavy (non-hydrogen) atoms. The lowest BCUT2D eigenvalue weighted by atomic mass is 9.85. The smallest absolute Gasteiger partial charge is 0.261 e. The van der Waals surface area contributed by atoms with E-state index in [2.05, 4.69) is 57.7 Å². The summed E-state index contributed by atoms with van der Waals surface area (Å²) in [6.07, 6.45) is 2.49. The third-order valence-electron chi connectivity index (χ3n) is 5.63. The van der Waals surface area contributed by atoms with Gasteiger partial charge < -0.3 is 21.3 Å². The van der Waals surface area contributed by atoms with Crippen LogP contribution in [0, 0.1) is 14.8 Å². The van der Waals surface area contributed by atoms with Crippen molar-refractivity contribution in [3.05, 3.63) is 43.6 Å². The van der Waals surface area contributed by atoms with Gasteiger partial charge in [-0.1, -0.05) is 13.8 Å². The lowest BCUT2D eigenvalue weighted by Crippen LogP contribution is -2.45. The molecule has 2 amide bonds. The van der Waals surface area contributed by atoms with Crippen molar-refractivity contribution < 1.29 is 14.0 Å². The Morgan fingerprint density at radius 2 is 2.16 bits per heavy atom. The molecule has 0 spiro atoms. The maximum absolute atomic E-state index is 14.5. The highest BCUT2D eigenvalue weighted by molar-refractivity contribution is 14.1. The zero-order valence-corrected chi connectivity index (χ0v) is 20.5. The summed E-state index contributed by atoms with van der Waals surface area (Å²) in [5.74, 6) is -0.802. The summed E-state index contributed by atoms with van der Waals surface area (Å²) in [5.41, 5.74) is 1.27. The van der Waals surface area contributed by atoms with Crippen LogP contribution in [0.1, 0.15) is 52.3 Å². The normalized spacial score (nSPS) is 20.4. The Balaban J connectivity index is 1.75. The number of amides is 2. The predicted octanol–water partition coefficient (Wildman–Crippen LogP) is 4.03. The van der Waals surface area contributed by atoms with Crippen molar-refractivity contribution >= 4 is 56.4 Å². The number of halogens is 2. The molecule has 0 unspecified atom stereocenters. The summed E-state index contributed by atoms with van der Waals surface area (Å²) in [7, 11) is 0. The zero-order chi connectivity index (χ0) is 22.2. The van der Waals surface area contributed by atoms with E-state index < -0.39 is 5.82 Å². The quantitative estimate of drug-likeness (QED) is 0.429. The third-order valence-corrected chi connectivity index (χ3v) is 7.45. The first-order chi connectivity index (χ1) is 14.7. The van der Waals surface area contributed by atoms with Gasteiger partial charge in [-0.05, 0) is 77.6 Å². The molecule has 0 saturated carbocycles. The standard InChI is InChI=1S/C22H26FIN4O2S/c1-22(2)9-14-17(19(29)27-13-4-3-7-25-10-13)21(31-18(14)20(30)26-11-22)28-16-6-5-12(24)8-15(16)23/h5-6,8,13,25,28H,3-4,7,9-11H2,1-2H3,(H,26,30)(H,27,29)/t13-/m0/s1. The number of benzene rings is 1. The maximum atomic E-state index is 14.5. The number of hydrogen-bond donors (Lipinski definition) is 4. The van der Waals surface area contributed by atoms with Gasteiger partial charge in [0.15, 0.2) is 0 Å². The molecule has 2 aromatic rings. The molecule has 0 bridgehead atoms. The van der Waals surface area contributed by atoms with Gasteiger partial charge in [0.1, 0.15) is 10.8 Å². The summed E-state index contributed by atoms with van der Waals surface area (Å²) < 4.78 is 15.3. The highest BCUT2D eigenvalue weighted by Gasteiger charge is 2.35. The van der Waals surface area contributed by atoms with Gasteiger partial charge in [0.05, 0.1) is 16.1 Å². The average molecular weight is 556 g/mol. The Morgan fingerprint density at radius 3 is 2.87 bits per heavy atom. The van der Waals surface area contributed by atoms with Gasteiger partial charge in [-0.25, -0.2) is 4.39 Å². The highest BCUT2D eigenvalue weighted by atomic mass is 127. The number of fused-ring (bicyclic) bond motifs is 1. The van der Waals surface area contributed by atoms with E-state index in [1.807, 2.05) is 0 Å². The first-order valence-corrected chi connectivity index (χ1v) is 12.3. The van der Waals surface area contributed by atoms with Gasteiger partial charge in [-0.2, -0.15) is 0 Å². The summed E-state index contributed by atoms with van der Waals surface area (Å²) in [5, 5.41) is 13.0. The van der Waals surface area contributed by atoms with Crippen molar-refractivity contribution in [1.29, 1.82) is 0 Å². The molecule has 1 aromatic carbocycles. The van der Waals surface area contributed by atoms with E-state index in [1.165, 1.54) is 17.4 Å². The molecule has 1 atom stereocenters. The molecule has 2 aliphatic rings. The van der Waals surface area contributed by atoms with Crippen molar-refractivity contribution in [1.82, 2.24) is 16.0 Å². The Hall–Kier alpha value is -1.72. The molecular formula is C22H26FIN4O2S. The fourth-order valence-electron chi connectivity index (χ4n) is 4.03. The second kappa shape index (κ2) is 9.03. The molecule has 9 heteroatoms. The molecule has 4 rings (SSSR count). The van der Waals surface area contributed by atoms with Crippen LogP contribution in [0.3, 0.4) is 0 Å².